The molecule has 1 aliphatic rings. The predicted molar refractivity (Wildman–Crippen MR) is 46.3 cm³/mol. The first-order valence-electron chi connectivity index (χ1n) is 3.99. The van der Waals surface area contributed by atoms with Gasteiger partial charge in [0.05, 0.1) is 0 Å². The van der Waals surface area contributed by atoms with Crippen molar-refractivity contribution < 1.29 is 0 Å². The van der Waals surface area contributed by atoms with Crippen molar-refractivity contribution in [3.8, 4) is 0 Å². The van der Waals surface area contributed by atoms with Gasteiger partial charge in [-0.3, -0.25) is 0 Å². The van der Waals surface area contributed by atoms with Gasteiger partial charge in [-0.15, -0.1) is 0 Å². The lowest BCUT2D eigenvalue weighted by atomic mass is 10.3. The van der Waals surface area contributed by atoms with Crippen molar-refractivity contribution in [3.05, 3.63) is 30.1 Å². The highest BCUT2D eigenvalue weighted by molar-refractivity contribution is 5.45. The van der Waals surface area contributed by atoms with E-state index in [-0.39, 0.29) is 0 Å². The molecule has 0 radical (unpaired) electrons. The van der Waals surface area contributed by atoms with Crippen LogP contribution in [-0.4, -0.2) is 17.7 Å². The minimum atomic E-state index is 0.991. The molecule has 58 valence electrons. The molecule has 0 unspecified atom stereocenters. The summed E-state index contributed by atoms with van der Waals surface area (Å²) >= 11 is 0. The van der Waals surface area contributed by atoms with Crippen molar-refractivity contribution in [1.29, 1.82) is 0 Å². The molecular formula is C9H12N2. The Hall–Kier alpha value is -1.02. The van der Waals surface area contributed by atoms with Crippen LogP contribution in [0.2, 0.25) is 0 Å². The quantitative estimate of drug-likeness (QED) is 0.583. The van der Waals surface area contributed by atoms with Crippen molar-refractivity contribution in [2.75, 3.05) is 13.1 Å². The molecular weight excluding hydrogens is 136 g/mol. The highest BCUT2D eigenvalue weighted by atomic mass is 15.0. The Balaban J connectivity index is 2.31. The fourth-order valence-electron chi connectivity index (χ4n) is 1.35. The van der Waals surface area contributed by atoms with Crippen LogP contribution in [0.5, 0.6) is 0 Å². The van der Waals surface area contributed by atoms with E-state index in [4.69, 9.17) is 0 Å². The third-order valence-electron chi connectivity index (χ3n) is 1.94. The smallest absolute Gasteiger partial charge is 0.0404 e. The van der Waals surface area contributed by atoms with Gasteiger partial charge in [0.2, 0.25) is 0 Å². The number of nitrogens with zero attached hydrogens (tertiary/aromatic N) is 1. The van der Waals surface area contributed by atoms with Crippen molar-refractivity contribution in [3.63, 3.8) is 0 Å². The van der Waals surface area contributed by atoms with Crippen LogP contribution in [0.3, 0.4) is 0 Å². The summed E-state index contributed by atoms with van der Waals surface area (Å²) in [4.78, 5) is 0. The monoisotopic (exact) mass is 148 g/mol. The van der Waals surface area contributed by atoms with E-state index in [2.05, 4.69) is 40.4 Å². The second-order valence-electron chi connectivity index (χ2n) is 2.73. The topological polar surface area (TPSA) is 17.0 Å². The van der Waals surface area contributed by atoms with E-state index in [1.165, 1.54) is 5.69 Å². The largest absolute Gasteiger partial charge is 0.347 e. The van der Waals surface area contributed by atoms with Gasteiger partial charge < -0.3 is 9.88 Å². The lowest BCUT2D eigenvalue weighted by Crippen LogP contribution is -2.21. The molecule has 0 atom stereocenters. The third-order valence-corrected chi connectivity index (χ3v) is 1.94. The molecule has 1 aliphatic heterocycles. The van der Waals surface area contributed by atoms with Crippen molar-refractivity contribution in [2.24, 2.45) is 0 Å². The van der Waals surface area contributed by atoms with E-state index in [1.807, 2.05) is 0 Å². The predicted octanol–water partition coefficient (Wildman–Crippen LogP) is 1.10. The fraction of sp³-hybridized carbons (Fsp3) is 0.333. The lowest BCUT2D eigenvalue weighted by Gasteiger charge is -2.09. The van der Waals surface area contributed by atoms with Crippen LogP contribution >= 0.6 is 0 Å². The summed E-state index contributed by atoms with van der Waals surface area (Å²) in [6.45, 7) is 3.13. The van der Waals surface area contributed by atoms with E-state index in [1.54, 1.807) is 0 Å². The summed E-state index contributed by atoms with van der Waals surface area (Å²) in [5.74, 6) is 0. The lowest BCUT2D eigenvalue weighted by molar-refractivity contribution is 0.619. The van der Waals surface area contributed by atoms with E-state index < -0.39 is 0 Å². The first kappa shape index (κ1) is 6.68. The zero-order chi connectivity index (χ0) is 7.52. The van der Waals surface area contributed by atoms with Crippen LogP contribution in [-0.2, 0) is 6.54 Å². The molecule has 2 nitrogen and oxygen atoms in total. The molecule has 2 heteroatoms. The molecule has 11 heavy (non-hydrogen) atoms. The summed E-state index contributed by atoms with van der Waals surface area (Å²) in [7, 11) is 0. The first-order valence-corrected chi connectivity index (χ1v) is 3.99. The summed E-state index contributed by atoms with van der Waals surface area (Å²) in [5.41, 5.74) is 1.31. The third kappa shape index (κ3) is 1.35. The minimum absolute atomic E-state index is 0.991. The molecule has 0 aliphatic carbocycles. The van der Waals surface area contributed by atoms with Crippen LogP contribution in [0.25, 0.3) is 6.08 Å². The standard InChI is InChI=1S/C9H12N2/c1-3-9-4-2-7-11(9)8-6-10-5-1/h1-4,7,10H,5-6,8H2. The van der Waals surface area contributed by atoms with Crippen LogP contribution in [0.1, 0.15) is 5.69 Å². The fourth-order valence-corrected chi connectivity index (χ4v) is 1.35. The maximum absolute atomic E-state index is 3.31. The molecule has 0 aromatic carbocycles. The molecule has 0 saturated carbocycles. The average Bonchev–Trinajstić information content (AvgIpc) is 2.35. The van der Waals surface area contributed by atoms with Crippen molar-refractivity contribution in [1.82, 2.24) is 9.88 Å². The SMILES string of the molecule is C1=Cc2cccn2CCNC1. The minimum Gasteiger partial charge on any atom is -0.347 e. The molecule has 0 bridgehead atoms. The van der Waals surface area contributed by atoms with Crippen molar-refractivity contribution in [2.45, 2.75) is 6.54 Å². The summed E-state index contributed by atoms with van der Waals surface area (Å²) < 4.78 is 2.25. The zero-order valence-electron chi connectivity index (χ0n) is 6.46. The number of hydrogen-bond donors (Lipinski definition) is 1. The highest BCUT2D eigenvalue weighted by Gasteiger charge is 1.97. The maximum Gasteiger partial charge on any atom is 0.0404 e. The Kier molecular flexibility index (Phi) is 1.78. The van der Waals surface area contributed by atoms with E-state index in [9.17, 15) is 0 Å². The van der Waals surface area contributed by atoms with Crippen LogP contribution in [0, 0.1) is 0 Å². The van der Waals surface area contributed by atoms with Crippen LogP contribution in [0.4, 0.5) is 0 Å². The zero-order valence-corrected chi connectivity index (χ0v) is 6.46. The van der Waals surface area contributed by atoms with Gasteiger partial charge in [-0.2, -0.15) is 0 Å². The summed E-state index contributed by atoms with van der Waals surface area (Å²) in [6, 6.07) is 4.23. The second-order valence-corrected chi connectivity index (χ2v) is 2.73. The summed E-state index contributed by atoms with van der Waals surface area (Å²) in [5, 5.41) is 3.31. The Morgan fingerprint density at radius 1 is 1.45 bits per heavy atom. The Labute approximate surface area is 66.5 Å². The van der Waals surface area contributed by atoms with Gasteiger partial charge in [0.15, 0.2) is 0 Å². The summed E-state index contributed by atoms with van der Waals surface area (Å²) in [6.07, 6.45) is 6.43. The van der Waals surface area contributed by atoms with Gasteiger partial charge in [-0.1, -0.05) is 6.08 Å². The van der Waals surface area contributed by atoms with Crippen LogP contribution in [0.15, 0.2) is 24.4 Å². The Bertz CT molecular complexity index is 260. The molecule has 0 spiro atoms. The Morgan fingerprint density at radius 2 is 2.45 bits per heavy atom. The molecule has 1 N–H and O–H groups in total. The molecule has 1 aromatic heterocycles. The normalized spacial score (nSPS) is 17.1. The van der Waals surface area contributed by atoms with E-state index in [0.717, 1.165) is 19.6 Å². The van der Waals surface area contributed by atoms with Gasteiger partial charge in [-0.25, -0.2) is 0 Å². The molecule has 0 saturated heterocycles. The van der Waals surface area contributed by atoms with Gasteiger partial charge in [0, 0.05) is 31.5 Å². The molecule has 1 aromatic rings. The van der Waals surface area contributed by atoms with E-state index in [0.29, 0.717) is 0 Å². The second kappa shape index (κ2) is 2.93. The van der Waals surface area contributed by atoms with Gasteiger partial charge in [0.1, 0.15) is 0 Å². The number of hydrogen-bond acceptors (Lipinski definition) is 1. The average molecular weight is 148 g/mol. The molecule has 0 amide bonds. The maximum atomic E-state index is 3.31. The Morgan fingerprint density at radius 3 is 3.45 bits per heavy atom. The van der Waals surface area contributed by atoms with Crippen LogP contribution < -0.4 is 5.32 Å². The van der Waals surface area contributed by atoms with Gasteiger partial charge >= 0.3 is 0 Å². The number of rotatable bonds is 0. The van der Waals surface area contributed by atoms with Crippen molar-refractivity contribution >= 4 is 6.08 Å². The van der Waals surface area contributed by atoms with E-state index >= 15 is 0 Å². The molecule has 0 fully saturated rings. The molecule has 2 rings (SSSR count). The number of nitrogens with one attached hydrogen (secondary N) is 1. The van der Waals surface area contributed by atoms with Gasteiger partial charge in [-0.05, 0) is 18.2 Å². The number of aromatic nitrogens is 1. The first-order chi connectivity index (χ1) is 5.47. The van der Waals surface area contributed by atoms with Gasteiger partial charge in [0.25, 0.3) is 0 Å². The highest BCUT2D eigenvalue weighted by Crippen LogP contribution is 2.05. The number of fused-ring (bicyclic) bond motifs is 1. The molecule has 2 heterocycles.